The predicted molar refractivity (Wildman–Crippen MR) is 75.7 cm³/mol. The summed E-state index contributed by atoms with van der Waals surface area (Å²) in [5, 5.41) is 19.4. The highest BCUT2D eigenvalue weighted by Gasteiger charge is 2.12. The lowest BCUT2D eigenvalue weighted by Gasteiger charge is -2.21. The number of hydrogen-bond donors (Lipinski definition) is 1. The van der Waals surface area contributed by atoms with Crippen molar-refractivity contribution in [1.82, 2.24) is 4.90 Å². The number of halogens is 2. The Bertz CT molecular complexity index is 449. The Labute approximate surface area is 123 Å². The van der Waals surface area contributed by atoms with Crippen LogP contribution in [0.4, 0.5) is 0 Å². The van der Waals surface area contributed by atoms with Crippen LogP contribution in [0.15, 0.2) is 18.2 Å². The molecule has 1 N–H and O–H groups in total. The van der Waals surface area contributed by atoms with Gasteiger partial charge in [0.15, 0.2) is 0 Å². The second-order valence-corrected chi connectivity index (χ2v) is 4.87. The Morgan fingerprint density at radius 3 is 2.84 bits per heavy atom. The number of hydrogen-bond acceptors (Lipinski definition) is 4. The molecule has 1 rings (SSSR count). The van der Waals surface area contributed by atoms with Gasteiger partial charge in [-0.3, -0.25) is 4.90 Å². The fraction of sp³-hybridized carbons (Fsp3) is 0.462. The Morgan fingerprint density at radius 2 is 2.21 bits per heavy atom. The van der Waals surface area contributed by atoms with E-state index >= 15 is 0 Å². The summed E-state index contributed by atoms with van der Waals surface area (Å²) in [5.41, 5.74) is 0. The van der Waals surface area contributed by atoms with Gasteiger partial charge in [0.25, 0.3) is 0 Å². The first-order valence-electron chi connectivity index (χ1n) is 5.92. The molecule has 0 fully saturated rings. The van der Waals surface area contributed by atoms with Gasteiger partial charge in [0.1, 0.15) is 18.5 Å². The average molecular weight is 303 g/mol. The van der Waals surface area contributed by atoms with E-state index in [9.17, 15) is 5.11 Å². The zero-order chi connectivity index (χ0) is 14.3. The van der Waals surface area contributed by atoms with Crippen LogP contribution >= 0.6 is 23.2 Å². The summed E-state index contributed by atoms with van der Waals surface area (Å²) in [6.45, 7) is 3.39. The van der Waals surface area contributed by atoms with Crippen molar-refractivity contribution < 1.29 is 9.84 Å². The van der Waals surface area contributed by atoms with Crippen molar-refractivity contribution in [3.63, 3.8) is 0 Å². The van der Waals surface area contributed by atoms with Gasteiger partial charge in [-0.15, -0.1) is 0 Å². The highest BCUT2D eigenvalue weighted by atomic mass is 35.5. The number of nitrogens with zero attached hydrogens (tertiary/aromatic N) is 2. The molecule has 6 heteroatoms. The molecule has 104 valence electrons. The number of aliphatic hydroxyl groups excluding tert-OH is 1. The van der Waals surface area contributed by atoms with Gasteiger partial charge in [-0.05, 0) is 18.7 Å². The fourth-order valence-electron chi connectivity index (χ4n) is 1.53. The zero-order valence-corrected chi connectivity index (χ0v) is 12.2. The number of likely N-dealkylation sites (N-methyl/N-ethyl adjacent to an activating group) is 1. The van der Waals surface area contributed by atoms with Crippen LogP contribution in [0.1, 0.15) is 6.92 Å². The molecule has 0 radical (unpaired) electrons. The van der Waals surface area contributed by atoms with Gasteiger partial charge < -0.3 is 9.84 Å². The van der Waals surface area contributed by atoms with Crippen LogP contribution in [0.5, 0.6) is 5.75 Å². The molecule has 0 amide bonds. The Morgan fingerprint density at radius 1 is 1.47 bits per heavy atom. The Hall–Kier alpha value is -0.990. The fourth-order valence-corrected chi connectivity index (χ4v) is 1.86. The van der Waals surface area contributed by atoms with Crippen molar-refractivity contribution in [2.45, 2.75) is 13.0 Å². The summed E-state index contributed by atoms with van der Waals surface area (Å²) in [7, 11) is 0. The minimum absolute atomic E-state index is 0.0992. The molecule has 0 heterocycles. The summed E-state index contributed by atoms with van der Waals surface area (Å²) in [4.78, 5) is 1.83. The molecule has 0 aromatic heterocycles. The molecule has 0 spiro atoms. The van der Waals surface area contributed by atoms with Crippen molar-refractivity contribution in [3.05, 3.63) is 28.2 Å². The van der Waals surface area contributed by atoms with E-state index in [1.807, 2.05) is 17.9 Å². The van der Waals surface area contributed by atoms with Crippen LogP contribution in [0.3, 0.4) is 0 Å². The van der Waals surface area contributed by atoms with Crippen molar-refractivity contribution in [2.24, 2.45) is 0 Å². The van der Waals surface area contributed by atoms with E-state index in [4.69, 9.17) is 33.2 Å². The number of benzene rings is 1. The second-order valence-electron chi connectivity index (χ2n) is 4.03. The van der Waals surface area contributed by atoms with Crippen molar-refractivity contribution >= 4 is 23.2 Å². The third kappa shape index (κ3) is 5.66. The largest absolute Gasteiger partial charge is 0.489 e. The van der Waals surface area contributed by atoms with Gasteiger partial charge in [-0.1, -0.05) is 30.1 Å². The van der Waals surface area contributed by atoms with Crippen molar-refractivity contribution in [3.8, 4) is 11.8 Å². The Kier molecular flexibility index (Phi) is 6.96. The maximum atomic E-state index is 9.85. The van der Waals surface area contributed by atoms with Gasteiger partial charge in [0, 0.05) is 17.6 Å². The molecule has 0 saturated heterocycles. The number of aliphatic hydroxyl groups is 1. The van der Waals surface area contributed by atoms with E-state index in [1.54, 1.807) is 18.2 Å². The topological polar surface area (TPSA) is 56.5 Å². The SMILES string of the molecule is CCN(CC#N)CC(O)COc1cc(Cl)ccc1Cl. The van der Waals surface area contributed by atoms with Crippen molar-refractivity contribution in [1.29, 1.82) is 5.26 Å². The minimum atomic E-state index is -0.691. The highest BCUT2D eigenvalue weighted by Crippen LogP contribution is 2.27. The Balaban J connectivity index is 2.47. The van der Waals surface area contributed by atoms with Crippen molar-refractivity contribution in [2.75, 3.05) is 26.2 Å². The number of ether oxygens (including phenoxy) is 1. The van der Waals surface area contributed by atoms with Crippen LogP contribution in [-0.2, 0) is 0 Å². The molecule has 0 saturated carbocycles. The monoisotopic (exact) mass is 302 g/mol. The van der Waals surface area contributed by atoms with Gasteiger partial charge in [-0.2, -0.15) is 5.26 Å². The minimum Gasteiger partial charge on any atom is -0.489 e. The third-order valence-corrected chi connectivity index (χ3v) is 3.08. The van der Waals surface area contributed by atoms with E-state index < -0.39 is 6.10 Å². The first-order chi connectivity index (χ1) is 9.06. The van der Waals surface area contributed by atoms with Gasteiger partial charge in [0.2, 0.25) is 0 Å². The molecule has 1 unspecified atom stereocenters. The van der Waals surface area contributed by atoms with E-state index in [-0.39, 0.29) is 13.2 Å². The third-order valence-electron chi connectivity index (χ3n) is 2.53. The van der Waals surface area contributed by atoms with Gasteiger partial charge in [0.05, 0.1) is 17.6 Å². The van der Waals surface area contributed by atoms with Crippen LogP contribution < -0.4 is 4.74 Å². The van der Waals surface area contributed by atoms with E-state index in [1.165, 1.54) is 0 Å². The molecular formula is C13H16Cl2N2O2. The van der Waals surface area contributed by atoms with E-state index in [0.29, 0.717) is 28.9 Å². The van der Waals surface area contributed by atoms with Crippen LogP contribution in [0, 0.1) is 11.3 Å². The van der Waals surface area contributed by atoms with Crippen LogP contribution in [0.2, 0.25) is 10.0 Å². The summed E-state index contributed by atoms with van der Waals surface area (Å²) in [5.74, 6) is 0.441. The predicted octanol–water partition coefficient (Wildman–Crippen LogP) is 2.58. The summed E-state index contributed by atoms with van der Waals surface area (Å²) in [6, 6.07) is 6.95. The van der Waals surface area contributed by atoms with Gasteiger partial charge >= 0.3 is 0 Å². The standard InChI is InChI=1S/C13H16Cl2N2O2/c1-2-17(6-5-16)8-11(18)9-19-13-7-10(14)3-4-12(13)15/h3-4,7,11,18H,2,6,8-9H2,1H3. The summed E-state index contributed by atoms with van der Waals surface area (Å²) < 4.78 is 5.43. The first kappa shape index (κ1) is 16.1. The molecule has 1 atom stereocenters. The molecular weight excluding hydrogens is 287 g/mol. The van der Waals surface area contributed by atoms with Crippen LogP contribution in [0.25, 0.3) is 0 Å². The van der Waals surface area contributed by atoms with E-state index in [0.717, 1.165) is 0 Å². The van der Waals surface area contributed by atoms with E-state index in [2.05, 4.69) is 0 Å². The lowest BCUT2D eigenvalue weighted by Crippen LogP contribution is -2.35. The molecule has 0 aliphatic carbocycles. The molecule has 4 nitrogen and oxygen atoms in total. The smallest absolute Gasteiger partial charge is 0.139 e. The highest BCUT2D eigenvalue weighted by molar-refractivity contribution is 6.34. The maximum absolute atomic E-state index is 9.85. The molecule has 19 heavy (non-hydrogen) atoms. The lowest BCUT2D eigenvalue weighted by molar-refractivity contribution is 0.0741. The van der Waals surface area contributed by atoms with Gasteiger partial charge in [-0.25, -0.2) is 0 Å². The number of nitriles is 1. The molecule has 1 aromatic rings. The average Bonchev–Trinajstić information content (AvgIpc) is 2.39. The second kappa shape index (κ2) is 8.23. The number of rotatable bonds is 7. The lowest BCUT2D eigenvalue weighted by atomic mass is 10.3. The molecule has 0 bridgehead atoms. The molecule has 0 aliphatic rings. The molecule has 0 aliphatic heterocycles. The summed E-state index contributed by atoms with van der Waals surface area (Å²) >= 11 is 11.8. The van der Waals surface area contributed by atoms with Crippen LogP contribution in [-0.4, -0.2) is 42.4 Å². The zero-order valence-electron chi connectivity index (χ0n) is 10.6. The quantitative estimate of drug-likeness (QED) is 0.787. The normalized spacial score (nSPS) is 12.2. The first-order valence-corrected chi connectivity index (χ1v) is 6.67. The maximum Gasteiger partial charge on any atom is 0.139 e. The summed E-state index contributed by atoms with van der Waals surface area (Å²) in [6.07, 6.45) is -0.691. The molecule has 1 aromatic carbocycles.